The number of fused-ring (bicyclic) bond motifs is 3. The van der Waals surface area contributed by atoms with Gasteiger partial charge in [0.25, 0.3) is 0 Å². The summed E-state index contributed by atoms with van der Waals surface area (Å²) < 4.78 is 28.3. The lowest BCUT2D eigenvalue weighted by atomic mass is 9.85. The highest BCUT2D eigenvalue weighted by Crippen LogP contribution is 2.60. The molecule has 1 aromatic rings. The number of carbonyl (C=O) groups excluding carboxylic acids is 1. The summed E-state index contributed by atoms with van der Waals surface area (Å²) in [5.74, 6) is -1.78. The summed E-state index contributed by atoms with van der Waals surface area (Å²) in [6.45, 7) is -1.04. The smallest absolute Gasteiger partial charge is 0.338 e. The molecule has 34 heavy (non-hydrogen) atoms. The van der Waals surface area contributed by atoms with Gasteiger partial charge in [-0.25, -0.2) is 4.79 Å². The molecular formula is C22H26O12. The molecule has 4 aliphatic rings. The van der Waals surface area contributed by atoms with Crippen molar-refractivity contribution >= 4 is 5.97 Å². The van der Waals surface area contributed by atoms with Gasteiger partial charge in [0.15, 0.2) is 6.29 Å². The molecule has 0 bridgehead atoms. The molecule has 186 valence electrons. The molecule has 3 heterocycles. The number of hydrogen-bond donors (Lipinski definition) is 6. The van der Waals surface area contributed by atoms with Crippen molar-refractivity contribution in [3.05, 3.63) is 42.2 Å². The third-order valence-electron chi connectivity index (χ3n) is 6.94. The lowest BCUT2D eigenvalue weighted by Gasteiger charge is -2.43. The zero-order valence-corrected chi connectivity index (χ0v) is 17.8. The van der Waals surface area contributed by atoms with Crippen LogP contribution >= 0.6 is 0 Å². The summed E-state index contributed by atoms with van der Waals surface area (Å²) in [4.78, 5) is 12.7. The molecule has 6 N–H and O–H groups in total. The first kappa shape index (κ1) is 23.5. The van der Waals surface area contributed by atoms with E-state index in [1.807, 2.05) is 0 Å². The fraction of sp³-hybridized carbons (Fsp3) is 0.591. The van der Waals surface area contributed by atoms with E-state index in [1.54, 1.807) is 6.08 Å². The number of aliphatic hydroxyl groups is 5. The number of esters is 1. The van der Waals surface area contributed by atoms with E-state index in [1.165, 1.54) is 30.5 Å². The van der Waals surface area contributed by atoms with Crippen LogP contribution < -0.4 is 0 Å². The van der Waals surface area contributed by atoms with Crippen molar-refractivity contribution in [2.75, 3.05) is 13.2 Å². The second kappa shape index (κ2) is 8.73. The fourth-order valence-corrected chi connectivity index (χ4v) is 5.08. The quantitative estimate of drug-likeness (QED) is 0.193. The van der Waals surface area contributed by atoms with Gasteiger partial charge < -0.3 is 54.3 Å². The zero-order chi connectivity index (χ0) is 24.2. The summed E-state index contributed by atoms with van der Waals surface area (Å²) in [5, 5.41) is 59.3. The molecule has 3 fully saturated rings. The molecule has 1 saturated carbocycles. The first-order valence-corrected chi connectivity index (χ1v) is 10.9. The standard InChI is InChI=1S/C22H26O12/c23-7-12-14(26)15(27)16(28)21(31-12)33-20-13-11(5-6-30-20)17(18-22(13,8-24)34-18)32-19(29)9-1-3-10(25)4-2-9/h1-6,11-18,20-21,23-28H,7-8H2/t11-,12-,13-,14-,15+,16-,17+,18+,20+,21+,22-/m0/s1. The van der Waals surface area contributed by atoms with Crippen molar-refractivity contribution in [3.63, 3.8) is 0 Å². The Morgan fingerprint density at radius 3 is 2.44 bits per heavy atom. The lowest BCUT2D eigenvalue weighted by Crippen LogP contribution is -2.60. The number of aliphatic hydroxyl groups excluding tert-OH is 5. The van der Waals surface area contributed by atoms with Crippen LogP contribution in [-0.2, 0) is 23.7 Å². The molecule has 0 amide bonds. The highest BCUT2D eigenvalue weighted by atomic mass is 16.8. The second-order valence-electron chi connectivity index (χ2n) is 8.84. The molecule has 0 radical (unpaired) electrons. The molecule has 0 aromatic heterocycles. The molecule has 0 unspecified atom stereocenters. The Kier molecular flexibility index (Phi) is 6.02. The minimum atomic E-state index is -1.64. The van der Waals surface area contributed by atoms with E-state index in [-0.39, 0.29) is 11.3 Å². The van der Waals surface area contributed by atoms with Crippen LogP contribution in [-0.4, -0.2) is 105 Å². The molecule has 1 aliphatic carbocycles. The SMILES string of the molecule is O=C(O[C@@H]1[C@H]2C=CO[C@H](O[C@H]3O[C@@H](CO)[C@H](O)[C@@H](O)[C@@H]3O)[C@H]2[C@]2(CO)O[C@H]12)c1ccc(O)cc1. The van der Waals surface area contributed by atoms with Crippen LogP contribution in [0.15, 0.2) is 36.6 Å². The Morgan fingerprint density at radius 2 is 1.76 bits per heavy atom. The molecule has 12 nitrogen and oxygen atoms in total. The number of benzene rings is 1. The Balaban J connectivity index is 1.34. The molecule has 3 aliphatic heterocycles. The number of phenolic OH excluding ortho intramolecular Hbond substituents is 1. The predicted octanol–water partition coefficient (Wildman–Crippen LogP) is -2.02. The normalized spacial score (nSPS) is 44.6. The predicted molar refractivity (Wildman–Crippen MR) is 108 cm³/mol. The molecule has 2 saturated heterocycles. The van der Waals surface area contributed by atoms with Gasteiger partial charge in [0.1, 0.15) is 48.0 Å². The zero-order valence-electron chi connectivity index (χ0n) is 17.8. The number of carbonyl (C=O) groups is 1. The van der Waals surface area contributed by atoms with E-state index in [0.29, 0.717) is 0 Å². The third-order valence-corrected chi connectivity index (χ3v) is 6.94. The van der Waals surface area contributed by atoms with Crippen LogP contribution in [0.4, 0.5) is 0 Å². The van der Waals surface area contributed by atoms with Crippen LogP contribution in [0, 0.1) is 11.8 Å². The molecular weight excluding hydrogens is 456 g/mol. The Morgan fingerprint density at radius 1 is 1.03 bits per heavy atom. The number of phenols is 1. The van der Waals surface area contributed by atoms with Crippen molar-refractivity contribution in [1.29, 1.82) is 0 Å². The van der Waals surface area contributed by atoms with Crippen LogP contribution in [0.5, 0.6) is 5.75 Å². The van der Waals surface area contributed by atoms with Crippen LogP contribution in [0.3, 0.4) is 0 Å². The minimum absolute atomic E-state index is 0.00264. The number of ether oxygens (including phenoxy) is 5. The van der Waals surface area contributed by atoms with Crippen molar-refractivity contribution in [2.45, 2.75) is 54.8 Å². The molecule has 5 rings (SSSR count). The van der Waals surface area contributed by atoms with Gasteiger partial charge in [-0.05, 0) is 30.3 Å². The first-order valence-electron chi connectivity index (χ1n) is 10.9. The summed E-state index contributed by atoms with van der Waals surface area (Å²) in [7, 11) is 0. The van der Waals surface area contributed by atoms with Gasteiger partial charge in [0.2, 0.25) is 6.29 Å². The maximum Gasteiger partial charge on any atom is 0.338 e. The summed E-state index contributed by atoms with van der Waals surface area (Å²) in [6.07, 6.45) is -6.99. The monoisotopic (exact) mass is 482 g/mol. The average molecular weight is 482 g/mol. The number of rotatable bonds is 6. The molecule has 12 heteroatoms. The first-order chi connectivity index (χ1) is 16.3. The summed E-state index contributed by atoms with van der Waals surface area (Å²) >= 11 is 0. The van der Waals surface area contributed by atoms with Gasteiger partial charge in [0.05, 0.1) is 31.0 Å². The topological polar surface area (TPSA) is 188 Å². The summed E-state index contributed by atoms with van der Waals surface area (Å²) in [6, 6.07) is 5.56. The van der Waals surface area contributed by atoms with Gasteiger partial charge in [0, 0.05) is 5.92 Å². The number of aromatic hydroxyl groups is 1. The van der Waals surface area contributed by atoms with E-state index in [0.717, 1.165) is 0 Å². The summed E-state index contributed by atoms with van der Waals surface area (Å²) in [5.41, 5.74) is -0.907. The van der Waals surface area contributed by atoms with Crippen molar-refractivity contribution in [2.24, 2.45) is 11.8 Å². The highest BCUT2D eigenvalue weighted by Gasteiger charge is 2.77. The average Bonchev–Trinajstić information content (AvgIpc) is 3.52. The maximum atomic E-state index is 12.7. The van der Waals surface area contributed by atoms with Crippen molar-refractivity contribution in [1.82, 2.24) is 0 Å². The fourth-order valence-electron chi connectivity index (χ4n) is 5.08. The third kappa shape index (κ3) is 3.67. The number of epoxide rings is 1. The Labute approximate surface area is 193 Å². The van der Waals surface area contributed by atoms with E-state index >= 15 is 0 Å². The van der Waals surface area contributed by atoms with Gasteiger partial charge >= 0.3 is 5.97 Å². The van der Waals surface area contributed by atoms with E-state index in [4.69, 9.17) is 23.7 Å². The van der Waals surface area contributed by atoms with Gasteiger partial charge in [-0.15, -0.1) is 0 Å². The van der Waals surface area contributed by atoms with Crippen LogP contribution in [0.2, 0.25) is 0 Å². The lowest BCUT2D eigenvalue weighted by molar-refractivity contribution is -0.344. The van der Waals surface area contributed by atoms with Crippen LogP contribution in [0.1, 0.15) is 10.4 Å². The molecule has 1 aromatic carbocycles. The Hall–Kier alpha value is -2.29. The van der Waals surface area contributed by atoms with Gasteiger partial charge in [-0.1, -0.05) is 0 Å². The number of hydrogen-bond acceptors (Lipinski definition) is 12. The van der Waals surface area contributed by atoms with E-state index in [2.05, 4.69) is 0 Å². The minimum Gasteiger partial charge on any atom is -0.508 e. The van der Waals surface area contributed by atoms with Gasteiger partial charge in [-0.3, -0.25) is 0 Å². The Bertz CT molecular complexity index is 934. The van der Waals surface area contributed by atoms with E-state index < -0.39 is 85.8 Å². The van der Waals surface area contributed by atoms with Crippen LogP contribution in [0.25, 0.3) is 0 Å². The highest BCUT2D eigenvalue weighted by molar-refractivity contribution is 5.89. The van der Waals surface area contributed by atoms with Gasteiger partial charge in [-0.2, -0.15) is 0 Å². The largest absolute Gasteiger partial charge is 0.508 e. The van der Waals surface area contributed by atoms with E-state index in [9.17, 15) is 35.4 Å². The maximum absolute atomic E-state index is 12.7. The molecule has 0 spiro atoms. The second-order valence-corrected chi connectivity index (χ2v) is 8.84. The van der Waals surface area contributed by atoms with Crippen molar-refractivity contribution < 1.29 is 59.1 Å². The van der Waals surface area contributed by atoms with Crippen molar-refractivity contribution in [3.8, 4) is 5.75 Å². The molecule has 11 atom stereocenters.